The Morgan fingerprint density at radius 1 is 1.50 bits per heavy atom. The number of hydrogen-bond donors (Lipinski definition) is 0. The minimum Gasteiger partial charge on any atom is -0.367 e. The van der Waals surface area contributed by atoms with E-state index in [9.17, 15) is 9.18 Å². The maximum absolute atomic E-state index is 13.0. The van der Waals surface area contributed by atoms with Gasteiger partial charge in [0.15, 0.2) is 5.78 Å². The van der Waals surface area contributed by atoms with Crippen molar-refractivity contribution in [3.63, 3.8) is 0 Å². The molecule has 0 aliphatic carbocycles. The molecule has 1 heterocycles. The van der Waals surface area contributed by atoms with Crippen LogP contribution in [0.2, 0.25) is 0 Å². The number of ether oxygens (including phenoxy) is 1. The van der Waals surface area contributed by atoms with Gasteiger partial charge in [0.05, 0.1) is 10.6 Å². The van der Waals surface area contributed by atoms with Crippen molar-refractivity contribution in [2.45, 2.75) is 32.0 Å². The first kappa shape index (κ1) is 11.7. The molecule has 86 valence electrons. The SMILES string of the molecule is CC1CCC(C(=O)c2ccc(F)c(Br)c2)O1. The predicted octanol–water partition coefficient (Wildman–Crippen LogP) is 3.34. The predicted molar refractivity (Wildman–Crippen MR) is 62.0 cm³/mol. The summed E-state index contributed by atoms with van der Waals surface area (Å²) in [7, 11) is 0. The third-order valence-electron chi connectivity index (χ3n) is 2.73. The first-order valence-electron chi connectivity index (χ1n) is 5.22. The van der Waals surface area contributed by atoms with E-state index in [1.54, 1.807) is 0 Å². The van der Waals surface area contributed by atoms with Gasteiger partial charge in [-0.25, -0.2) is 4.39 Å². The van der Waals surface area contributed by atoms with Gasteiger partial charge < -0.3 is 4.74 Å². The molecule has 1 saturated heterocycles. The maximum atomic E-state index is 13.0. The molecular formula is C12H12BrFO2. The van der Waals surface area contributed by atoms with Gasteiger partial charge >= 0.3 is 0 Å². The van der Waals surface area contributed by atoms with Gasteiger partial charge in [-0.15, -0.1) is 0 Å². The molecule has 0 bridgehead atoms. The van der Waals surface area contributed by atoms with Crippen LogP contribution < -0.4 is 0 Å². The van der Waals surface area contributed by atoms with Crippen molar-refractivity contribution in [2.75, 3.05) is 0 Å². The van der Waals surface area contributed by atoms with Crippen LogP contribution in [0.25, 0.3) is 0 Å². The monoisotopic (exact) mass is 286 g/mol. The molecule has 1 aromatic carbocycles. The molecule has 2 rings (SSSR count). The Kier molecular flexibility index (Phi) is 3.40. The van der Waals surface area contributed by atoms with E-state index in [0.717, 1.165) is 12.8 Å². The van der Waals surface area contributed by atoms with E-state index in [1.807, 2.05) is 6.92 Å². The molecule has 16 heavy (non-hydrogen) atoms. The Hall–Kier alpha value is -0.740. The fourth-order valence-electron chi connectivity index (χ4n) is 1.83. The number of hydrogen-bond acceptors (Lipinski definition) is 2. The fourth-order valence-corrected chi connectivity index (χ4v) is 2.21. The average molecular weight is 287 g/mol. The van der Waals surface area contributed by atoms with Gasteiger partial charge in [0.2, 0.25) is 0 Å². The highest BCUT2D eigenvalue weighted by atomic mass is 79.9. The van der Waals surface area contributed by atoms with E-state index in [-0.39, 0.29) is 23.8 Å². The van der Waals surface area contributed by atoms with Crippen LogP contribution in [-0.4, -0.2) is 18.0 Å². The van der Waals surface area contributed by atoms with E-state index >= 15 is 0 Å². The minimum atomic E-state index is -0.368. The lowest BCUT2D eigenvalue weighted by Crippen LogP contribution is -2.20. The van der Waals surface area contributed by atoms with E-state index in [2.05, 4.69) is 15.9 Å². The Balaban J connectivity index is 2.18. The van der Waals surface area contributed by atoms with Crippen LogP contribution in [0.15, 0.2) is 22.7 Å². The van der Waals surface area contributed by atoms with E-state index in [4.69, 9.17) is 4.74 Å². The van der Waals surface area contributed by atoms with Crippen LogP contribution in [-0.2, 0) is 4.74 Å². The molecule has 4 heteroatoms. The third kappa shape index (κ3) is 2.33. The van der Waals surface area contributed by atoms with Crippen molar-refractivity contribution in [1.29, 1.82) is 0 Å². The zero-order valence-corrected chi connectivity index (χ0v) is 10.5. The molecule has 2 atom stereocenters. The van der Waals surface area contributed by atoms with Gasteiger partial charge in [-0.2, -0.15) is 0 Å². The maximum Gasteiger partial charge on any atom is 0.191 e. The third-order valence-corrected chi connectivity index (χ3v) is 3.34. The first-order valence-corrected chi connectivity index (χ1v) is 6.02. The molecule has 1 aromatic rings. The number of carbonyl (C=O) groups excluding carboxylic acids is 1. The fraction of sp³-hybridized carbons (Fsp3) is 0.417. The van der Waals surface area contributed by atoms with Crippen molar-refractivity contribution < 1.29 is 13.9 Å². The van der Waals surface area contributed by atoms with Crippen LogP contribution in [0.3, 0.4) is 0 Å². The summed E-state index contributed by atoms with van der Waals surface area (Å²) in [5.41, 5.74) is 0.493. The summed E-state index contributed by atoms with van der Waals surface area (Å²) in [6.07, 6.45) is 1.42. The van der Waals surface area contributed by atoms with Crippen molar-refractivity contribution in [2.24, 2.45) is 0 Å². The van der Waals surface area contributed by atoms with Gasteiger partial charge in [0.25, 0.3) is 0 Å². The highest BCUT2D eigenvalue weighted by Gasteiger charge is 2.29. The standard InChI is InChI=1S/C12H12BrFO2/c1-7-2-5-11(16-7)12(15)8-3-4-10(14)9(13)6-8/h3-4,6-7,11H,2,5H2,1H3. The first-order chi connectivity index (χ1) is 7.58. The van der Waals surface area contributed by atoms with Gasteiger partial charge in [0.1, 0.15) is 11.9 Å². The number of halogens is 2. The quantitative estimate of drug-likeness (QED) is 0.780. The Bertz CT molecular complexity index is 419. The Morgan fingerprint density at radius 2 is 2.25 bits per heavy atom. The molecule has 1 aliphatic rings. The van der Waals surface area contributed by atoms with Crippen LogP contribution in [0.1, 0.15) is 30.1 Å². The smallest absolute Gasteiger partial charge is 0.191 e. The molecule has 1 aliphatic heterocycles. The van der Waals surface area contributed by atoms with Crippen molar-refractivity contribution in [3.8, 4) is 0 Å². The van der Waals surface area contributed by atoms with Crippen LogP contribution in [0.5, 0.6) is 0 Å². The molecule has 0 spiro atoms. The Morgan fingerprint density at radius 3 is 2.81 bits per heavy atom. The van der Waals surface area contributed by atoms with Crippen LogP contribution in [0.4, 0.5) is 4.39 Å². The zero-order valence-electron chi connectivity index (χ0n) is 8.87. The number of Topliss-reactive ketones (excluding diaryl/α,β-unsaturated/α-hetero) is 1. The molecule has 0 aromatic heterocycles. The molecule has 0 saturated carbocycles. The summed E-state index contributed by atoms with van der Waals surface area (Å²) < 4.78 is 18.8. The highest BCUT2D eigenvalue weighted by molar-refractivity contribution is 9.10. The number of rotatable bonds is 2. The molecular weight excluding hydrogens is 275 g/mol. The van der Waals surface area contributed by atoms with Crippen molar-refractivity contribution >= 4 is 21.7 Å². The second-order valence-electron chi connectivity index (χ2n) is 4.01. The molecule has 0 amide bonds. The van der Waals surface area contributed by atoms with Gasteiger partial charge in [-0.1, -0.05) is 0 Å². The minimum absolute atomic E-state index is 0.0648. The lowest BCUT2D eigenvalue weighted by atomic mass is 10.0. The normalized spacial score (nSPS) is 24.7. The second-order valence-corrected chi connectivity index (χ2v) is 4.86. The van der Waals surface area contributed by atoms with Gasteiger partial charge in [-0.3, -0.25) is 4.79 Å². The van der Waals surface area contributed by atoms with Crippen molar-refractivity contribution in [3.05, 3.63) is 34.1 Å². The van der Waals surface area contributed by atoms with Crippen LogP contribution >= 0.6 is 15.9 Å². The lowest BCUT2D eigenvalue weighted by Gasteiger charge is -2.10. The zero-order chi connectivity index (χ0) is 11.7. The molecule has 2 nitrogen and oxygen atoms in total. The summed E-state index contributed by atoms with van der Waals surface area (Å²) in [5.74, 6) is -0.428. The van der Waals surface area contributed by atoms with E-state index < -0.39 is 0 Å². The summed E-state index contributed by atoms with van der Waals surface area (Å²) in [5, 5.41) is 0. The Labute approximate surface area is 102 Å². The summed E-state index contributed by atoms with van der Waals surface area (Å²) in [6.45, 7) is 1.95. The second kappa shape index (κ2) is 4.63. The molecule has 1 fully saturated rings. The number of ketones is 1. The topological polar surface area (TPSA) is 26.3 Å². The number of benzene rings is 1. The molecule has 0 N–H and O–H groups in total. The number of carbonyl (C=O) groups is 1. The summed E-state index contributed by atoms with van der Waals surface area (Å²) in [6, 6.07) is 4.29. The average Bonchev–Trinajstić information content (AvgIpc) is 2.68. The van der Waals surface area contributed by atoms with Gasteiger partial charge in [0, 0.05) is 5.56 Å². The van der Waals surface area contributed by atoms with E-state index in [1.165, 1.54) is 18.2 Å². The molecule has 0 radical (unpaired) electrons. The largest absolute Gasteiger partial charge is 0.367 e. The summed E-state index contributed by atoms with van der Waals surface area (Å²) in [4.78, 5) is 12.0. The molecule has 2 unspecified atom stereocenters. The van der Waals surface area contributed by atoms with Crippen LogP contribution in [0, 0.1) is 5.82 Å². The summed E-state index contributed by atoms with van der Waals surface area (Å²) >= 11 is 3.07. The lowest BCUT2D eigenvalue weighted by molar-refractivity contribution is 0.0433. The van der Waals surface area contributed by atoms with Crippen molar-refractivity contribution in [1.82, 2.24) is 0 Å². The van der Waals surface area contributed by atoms with Gasteiger partial charge in [-0.05, 0) is 53.9 Å². The van der Waals surface area contributed by atoms with E-state index in [0.29, 0.717) is 10.0 Å². The highest BCUT2D eigenvalue weighted by Crippen LogP contribution is 2.24.